The van der Waals surface area contributed by atoms with Crippen LogP contribution in [0.2, 0.25) is 5.02 Å². The quantitative estimate of drug-likeness (QED) is 0.254. The van der Waals surface area contributed by atoms with E-state index in [1.165, 1.54) is 6.21 Å². The molecule has 0 aromatic heterocycles. The van der Waals surface area contributed by atoms with Crippen molar-refractivity contribution in [3.05, 3.63) is 52.5 Å². The van der Waals surface area contributed by atoms with Gasteiger partial charge in [-0.2, -0.15) is 5.10 Å². The fourth-order valence-corrected chi connectivity index (χ4v) is 2.96. The van der Waals surface area contributed by atoms with Crippen LogP contribution in [0, 0.1) is 12.3 Å². The van der Waals surface area contributed by atoms with E-state index >= 15 is 0 Å². The lowest BCUT2D eigenvalue weighted by Crippen LogP contribution is -2.25. The number of rotatable bonds is 10. The van der Waals surface area contributed by atoms with Gasteiger partial charge in [-0.25, -0.2) is 5.43 Å². The maximum absolute atomic E-state index is 12.1. The number of anilines is 1. The number of carbonyl (C=O) groups is 2. The molecule has 8 heteroatoms. The van der Waals surface area contributed by atoms with Crippen molar-refractivity contribution in [3.8, 4) is 23.8 Å². The summed E-state index contributed by atoms with van der Waals surface area (Å²) in [5, 5.41) is 6.91. The third kappa shape index (κ3) is 7.36. The number of amides is 2. The summed E-state index contributed by atoms with van der Waals surface area (Å²) >= 11 is 6.24. The molecule has 0 unspecified atom stereocenters. The summed E-state index contributed by atoms with van der Waals surface area (Å²) in [5.74, 6) is 2.14. The topological polar surface area (TPSA) is 89.0 Å². The predicted molar refractivity (Wildman–Crippen MR) is 122 cm³/mol. The average molecular weight is 442 g/mol. The third-order valence-corrected chi connectivity index (χ3v) is 4.31. The van der Waals surface area contributed by atoms with E-state index in [0.29, 0.717) is 34.4 Å². The zero-order chi connectivity index (χ0) is 22.6. The maximum Gasteiger partial charge on any atom is 0.249 e. The van der Waals surface area contributed by atoms with E-state index in [4.69, 9.17) is 27.5 Å². The van der Waals surface area contributed by atoms with Gasteiger partial charge in [-0.05, 0) is 42.7 Å². The molecule has 0 heterocycles. The number of hydrogen-bond donors (Lipinski definition) is 2. The van der Waals surface area contributed by atoms with Crippen LogP contribution in [0.5, 0.6) is 11.5 Å². The van der Waals surface area contributed by atoms with Crippen molar-refractivity contribution in [2.24, 2.45) is 5.10 Å². The molecular weight excluding hydrogens is 418 g/mol. The summed E-state index contributed by atoms with van der Waals surface area (Å²) in [5.41, 5.74) is 4.58. The molecular formula is C23H24ClN3O4. The van der Waals surface area contributed by atoms with Crippen LogP contribution < -0.4 is 20.2 Å². The molecule has 0 saturated carbocycles. The molecule has 0 atom stereocenters. The second-order valence-electron chi connectivity index (χ2n) is 6.28. The fourth-order valence-electron chi connectivity index (χ4n) is 2.69. The Balaban J connectivity index is 1.97. The highest BCUT2D eigenvalue weighted by atomic mass is 35.5. The molecule has 2 aromatic carbocycles. The highest BCUT2D eigenvalue weighted by molar-refractivity contribution is 6.32. The average Bonchev–Trinajstić information content (AvgIpc) is 2.73. The Hall–Kier alpha value is -3.50. The number of nitrogens with one attached hydrogen (secondary N) is 2. The molecule has 0 fully saturated rings. The minimum atomic E-state index is -0.548. The molecule has 7 nitrogen and oxygen atoms in total. The van der Waals surface area contributed by atoms with Gasteiger partial charge in [0.25, 0.3) is 0 Å². The Morgan fingerprint density at radius 1 is 1.19 bits per heavy atom. The Bertz CT molecular complexity index is 999. The van der Waals surface area contributed by atoms with Crippen molar-refractivity contribution in [3.63, 3.8) is 0 Å². The molecule has 0 aliphatic heterocycles. The molecule has 2 N–H and O–H groups in total. The monoisotopic (exact) mass is 441 g/mol. The van der Waals surface area contributed by atoms with Gasteiger partial charge in [0.2, 0.25) is 11.8 Å². The number of ether oxygens (including phenoxy) is 2. The Kier molecular flexibility index (Phi) is 9.40. The van der Waals surface area contributed by atoms with E-state index in [-0.39, 0.29) is 13.0 Å². The fraction of sp³-hybridized carbons (Fsp3) is 0.261. The summed E-state index contributed by atoms with van der Waals surface area (Å²) in [7, 11) is 0. The van der Waals surface area contributed by atoms with Crippen LogP contribution in [-0.2, 0) is 16.0 Å². The van der Waals surface area contributed by atoms with Gasteiger partial charge in [0.05, 0.1) is 17.8 Å². The second-order valence-corrected chi connectivity index (χ2v) is 6.69. The summed E-state index contributed by atoms with van der Waals surface area (Å²) in [6.45, 7) is 4.26. The number of aryl methyl sites for hydroxylation is 1. The molecule has 0 radical (unpaired) electrons. The van der Waals surface area contributed by atoms with Crippen LogP contribution in [-0.4, -0.2) is 31.2 Å². The van der Waals surface area contributed by atoms with E-state index in [1.54, 1.807) is 18.2 Å². The van der Waals surface area contributed by atoms with Gasteiger partial charge < -0.3 is 14.8 Å². The van der Waals surface area contributed by atoms with E-state index < -0.39 is 11.8 Å². The largest absolute Gasteiger partial charge is 0.490 e. The summed E-state index contributed by atoms with van der Waals surface area (Å²) in [6.07, 6.45) is 7.02. The molecule has 0 aliphatic carbocycles. The molecule has 0 saturated heterocycles. The van der Waals surface area contributed by atoms with Gasteiger partial charge in [-0.3, -0.25) is 9.59 Å². The van der Waals surface area contributed by atoms with Gasteiger partial charge in [0.1, 0.15) is 13.0 Å². The number of halogens is 1. The van der Waals surface area contributed by atoms with Crippen molar-refractivity contribution in [1.82, 2.24) is 5.43 Å². The standard InChI is InChI=1S/C23H24ClN3O4/c1-4-11-31-23-18(24)12-16(13-20(23)30-6-3)15-25-27-22(29)14-21(28)26-19-10-8-7-9-17(19)5-2/h1,7-10,12-13,15H,5-6,11,14H2,2-3H3,(H,26,28)(H,27,29). The normalized spacial score (nSPS) is 10.4. The predicted octanol–water partition coefficient (Wildman–Crippen LogP) is 3.79. The number of benzene rings is 2. The van der Waals surface area contributed by atoms with Gasteiger partial charge in [0.15, 0.2) is 11.5 Å². The van der Waals surface area contributed by atoms with Crippen LogP contribution in [0.25, 0.3) is 0 Å². The highest BCUT2D eigenvalue weighted by Gasteiger charge is 2.13. The Morgan fingerprint density at radius 3 is 2.68 bits per heavy atom. The highest BCUT2D eigenvalue weighted by Crippen LogP contribution is 2.36. The first-order valence-corrected chi connectivity index (χ1v) is 10.1. The number of para-hydroxylation sites is 1. The van der Waals surface area contributed by atoms with E-state index in [0.717, 1.165) is 12.0 Å². The summed E-state index contributed by atoms with van der Waals surface area (Å²) < 4.78 is 11.0. The van der Waals surface area contributed by atoms with Gasteiger partial charge in [-0.1, -0.05) is 42.6 Å². The minimum absolute atomic E-state index is 0.0497. The van der Waals surface area contributed by atoms with Crippen LogP contribution >= 0.6 is 11.6 Å². The number of carbonyl (C=O) groups excluding carboxylic acids is 2. The molecule has 2 aromatic rings. The van der Waals surface area contributed by atoms with Gasteiger partial charge in [0, 0.05) is 5.69 Å². The van der Waals surface area contributed by atoms with Crippen LogP contribution in [0.15, 0.2) is 41.5 Å². The lowest BCUT2D eigenvalue weighted by molar-refractivity contribution is -0.126. The van der Waals surface area contributed by atoms with E-state index in [2.05, 4.69) is 21.8 Å². The van der Waals surface area contributed by atoms with Crippen molar-refractivity contribution in [1.29, 1.82) is 0 Å². The molecule has 2 amide bonds. The second kappa shape index (κ2) is 12.3. The van der Waals surface area contributed by atoms with E-state index in [9.17, 15) is 9.59 Å². The lowest BCUT2D eigenvalue weighted by atomic mass is 10.1. The molecule has 31 heavy (non-hydrogen) atoms. The van der Waals surface area contributed by atoms with Crippen LogP contribution in [0.4, 0.5) is 5.69 Å². The molecule has 0 aliphatic rings. The van der Waals surface area contributed by atoms with Gasteiger partial charge in [-0.15, -0.1) is 6.42 Å². The minimum Gasteiger partial charge on any atom is -0.490 e. The van der Waals surface area contributed by atoms with Crippen molar-refractivity contribution in [2.45, 2.75) is 26.7 Å². The number of hydrogen-bond acceptors (Lipinski definition) is 5. The molecule has 162 valence electrons. The Labute approximate surface area is 186 Å². The Morgan fingerprint density at radius 2 is 1.97 bits per heavy atom. The zero-order valence-electron chi connectivity index (χ0n) is 17.4. The molecule has 0 bridgehead atoms. The first-order valence-electron chi connectivity index (χ1n) is 9.70. The van der Waals surface area contributed by atoms with Crippen molar-refractivity contribution in [2.75, 3.05) is 18.5 Å². The number of terminal acetylenes is 1. The maximum atomic E-state index is 12.1. The van der Waals surface area contributed by atoms with Crippen molar-refractivity contribution < 1.29 is 19.1 Å². The van der Waals surface area contributed by atoms with Crippen molar-refractivity contribution >= 4 is 35.3 Å². The number of nitrogens with zero attached hydrogens (tertiary/aromatic N) is 1. The van der Waals surface area contributed by atoms with E-state index in [1.807, 2.05) is 32.0 Å². The first kappa shape index (κ1) is 23.8. The smallest absolute Gasteiger partial charge is 0.249 e. The lowest BCUT2D eigenvalue weighted by Gasteiger charge is -2.12. The first-order chi connectivity index (χ1) is 15.0. The van der Waals surface area contributed by atoms with Crippen LogP contribution in [0.1, 0.15) is 31.4 Å². The summed E-state index contributed by atoms with van der Waals surface area (Å²) in [6, 6.07) is 10.7. The zero-order valence-corrected chi connectivity index (χ0v) is 18.2. The third-order valence-electron chi connectivity index (χ3n) is 4.03. The number of hydrazone groups is 1. The molecule has 0 spiro atoms. The molecule has 2 rings (SSSR count). The summed E-state index contributed by atoms with van der Waals surface area (Å²) in [4.78, 5) is 24.1. The SMILES string of the molecule is C#CCOc1c(Cl)cc(C=NNC(=O)CC(=O)Nc2ccccc2CC)cc1OCC. The van der Waals surface area contributed by atoms with Crippen LogP contribution in [0.3, 0.4) is 0 Å². The van der Waals surface area contributed by atoms with Gasteiger partial charge >= 0.3 is 0 Å².